The zero-order chi connectivity index (χ0) is 15.2. The first-order valence-corrected chi connectivity index (χ1v) is 8.32. The lowest BCUT2D eigenvalue weighted by atomic mass is 10.1. The Morgan fingerprint density at radius 2 is 1.90 bits per heavy atom. The van der Waals surface area contributed by atoms with Crippen molar-refractivity contribution in [2.75, 3.05) is 37.6 Å². The number of aromatic nitrogens is 1. The quantitative estimate of drug-likeness (QED) is 0.872. The minimum atomic E-state index is 0.698. The number of nitrogens with zero attached hydrogens (tertiary/aromatic N) is 3. The fraction of sp³-hybridized carbons (Fsp3) is 0.706. The van der Waals surface area contributed by atoms with Crippen molar-refractivity contribution < 1.29 is 0 Å². The first kappa shape index (κ1) is 16.2. The SMILES string of the molecule is CCNCc1ccc(N2CCN(C(C)CC)CC2)nc1C. The predicted octanol–water partition coefficient (Wildman–Crippen LogP) is 2.42. The van der Waals surface area contributed by atoms with Crippen LogP contribution in [0, 0.1) is 6.92 Å². The van der Waals surface area contributed by atoms with Gasteiger partial charge in [0.15, 0.2) is 0 Å². The molecule has 0 bridgehead atoms. The Morgan fingerprint density at radius 1 is 1.19 bits per heavy atom. The predicted molar refractivity (Wildman–Crippen MR) is 89.9 cm³/mol. The fourth-order valence-corrected chi connectivity index (χ4v) is 2.85. The van der Waals surface area contributed by atoms with E-state index in [4.69, 9.17) is 4.98 Å². The van der Waals surface area contributed by atoms with Gasteiger partial charge in [0.2, 0.25) is 0 Å². The Labute approximate surface area is 129 Å². The van der Waals surface area contributed by atoms with Gasteiger partial charge in [0.05, 0.1) is 0 Å². The molecule has 1 aromatic heterocycles. The first-order chi connectivity index (χ1) is 10.2. The van der Waals surface area contributed by atoms with Crippen molar-refractivity contribution in [2.24, 2.45) is 0 Å². The van der Waals surface area contributed by atoms with Crippen molar-refractivity contribution in [2.45, 2.75) is 46.7 Å². The van der Waals surface area contributed by atoms with Crippen molar-refractivity contribution >= 4 is 5.82 Å². The summed E-state index contributed by atoms with van der Waals surface area (Å²) in [6.45, 7) is 15.2. The van der Waals surface area contributed by atoms with E-state index in [-0.39, 0.29) is 0 Å². The fourth-order valence-electron chi connectivity index (χ4n) is 2.85. The number of hydrogen-bond acceptors (Lipinski definition) is 4. The van der Waals surface area contributed by atoms with Crippen LogP contribution < -0.4 is 10.2 Å². The molecular weight excluding hydrogens is 260 g/mol. The number of rotatable bonds is 6. The van der Waals surface area contributed by atoms with Crippen LogP contribution >= 0.6 is 0 Å². The molecule has 2 rings (SSSR count). The number of hydrogen-bond donors (Lipinski definition) is 1. The summed E-state index contributed by atoms with van der Waals surface area (Å²) in [5, 5.41) is 3.37. The minimum absolute atomic E-state index is 0.698. The summed E-state index contributed by atoms with van der Waals surface area (Å²) >= 11 is 0. The molecule has 2 heterocycles. The number of anilines is 1. The number of nitrogens with one attached hydrogen (secondary N) is 1. The van der Waals surface area contributed by atoms with E-state index in [0.29, 0.717) is 6.04 Å². The van der Waals surface area contributed by atoms with E-state index in [1.54, 1.807) is 0 Å². The van der Waals surface area contributed by atoms with Gasteiger partial charge in [-0.2, -0.15) is 0 Å². The molecule has 4 heteroatoms. The van der Waals surface area contributed by atoms with Crippen LogP contribution in [0.1, 0.15) is 38.4 Å². The lowest BCUT2D eigenvalue weighted by molar-refractivity contribution is 0.192. The van der Waals surface area contributed by atoms with Gasteiger partial charge in [-0.1, -0.05) is 19.9 Å². The summed E-state index contributed by atoms with van der Waals surface area (Å²) in [6.07, 6.45) is 1.23. The zero-order valence-electron chi connectivity index (χ0n) is 14.0. The van der Waals surface area contributed by atoms with Crippen LogP contribution in [0.3, 0.4) is 0 Å². The molecule has 4 nitrogen and oxygen atoms in total. The van der Waals surface area contributed by atoms with Crippen molar-refractivity contribution in [3.63, 3.8) is 0 Å². The van der Waals surface area contributed by atoms with E-state index in [1.807, 2.05) is 0 Å². The van der Waals surface area contributed by atoms with Gasteiger partial charge in [-0.15, -0.1) is 0 Å². The third-order valence-corrected chi connectivity index (χ3v) is 4.60. The molecule has 0 aliphatic carbocycles. The van der Waals surface area contributed by atoms with Gasteiger partial charge < -0.3 is 10.2 Å². The Balaban J connectivity index is 1.96. The molecule has 118 valence electrons. The molecule has 0 aromatic carbocycles. The molecule has 1 saturated heterocycles. The molecule has 0 saturated carbocycles. The number of aryl methyl sites for hydroxylation is 1. The largest absolute Gasteiger partial charge is 0.354 e. The van der Waals surface area contributed by atoms with Crippen LogP contribution in [0.25, 0.3) is 0 Å². The molecule has 1 aliphatic rings. The minimum Gasteiger partial charge on any atom is -0.354 e. The Kier molecular flexibility index (Phi) is 6.00. The van der Waals surface area contributed by atoms with Crippen molar-refractivity contribution in [3.8, 4) is 0 Å². The monoisotopic (exact) mass is 290 g/mol. The van der Waals surface area contributed by atoms with Crippen LogP contribution in [0.4, 0.5) is 5.82 Å². The van der Waals surface area contributed by atoms with Crippen molar-refractivity contribution in [1.29, 1.82) is 0 Å². The van der Waals surface area contributed by atoms with Crippen LogP contribution in [-0.2, 0) is 6.54 Å². The third-order valence-electron chi connectivity index (χ3n) is 4.60. The Hall–Kier alpha value is -1.13. The van der Waals surface area contributed by atoms with Crippen molar-refractivity contribution in [1.82, 2.24) is 15.2 Å². The first-order valence-electron chi connectivity index (χ1n) is 8.32. The molecule has 0 amide bonds. The molecule has 1 fully saturated rings. The van der Waals surface area contributed by atoms with Gasteiger partial charge in [-0.25, -0.2) is 4.98 Å². The van der Waals surface area contributed by atoms with Gasteiger partial charge >= 0.3 is 0 Å². The van der Waals surface area contributed by atoms with Gasteiger partial charge in [-0.3, -0.25) is 4.90 Å². The van der Waals surface area contributed by atoms with E-state index < -0.39 is 0 Å². The molecule has 0 spiro atoms. The average Bonchev–Trinajstić information content (AvgIpc) is 2.53. The molecule has 1 atom stereocenters. The smallest absolute Gasteiger partial charge is 0.128 e. The highest BCUT2D eigenvalue weighted by molar-refractivity contribution is 5.42. The maximum absolute atomic E-state index is 4.81. The van der Waals surface area contributed by atoms with E-state index in [2.05, 4.69) is 54.9 Å². The second-order valence-corrected chi connectivity index (χ2v) is 5.97. The van der Waals surface area contributed by atoms with Gasteiger partial charge in [0.1, 0.15) is 5.82 Å². The van der Waals surface area contributed by atoms with Crippen LogP contribution in [0.5, 0.6) is 0 Å². The lowest BCUT2D eigenvalue weighted by Gasteiger charge is -2.38. The molecule has 1 N–H and O–H groups in total. The van der Waals surface area contributed by atoms with Crippen molar-refractivity contribution in [3.05, 3.63) is 23.4 Å². The molecule has 0 radical (unpaired) electrons. The van der Waals surface area contributed by atoms with Crippen LogP contribution in [0.2, 0.25) is 0 Å². The summed E-state index contributed by atoms with van der Waals surface area (Å²) in [6, 6.07) is 5.10. The molecular formula is C17H30N4. The normalized spacial score (nSPS) is 18.0. The van der Waals surface area contributed by atoms with E-state index >= 15 is 0 Å². The molecule has 1 unspecified atom stereocenters. The summed E-state index contributed by atoms with van der Waals surface area (Å²) in [7, 11) is 0. The van der Waals surface area contributed by atoms with E-state index in [0.717, 1.165) is 50.8 Å². The summed E-state index contributed by atoms with van der Waals surface area (Å²) in [4.78, 5) is 9.81. The standard InChI is InChI=1S/C17H30N4/c1-5-14(3)20-9-11-21(12-10-20)17-8-7-16(13-18-6-2)15(4)19-17/h7-8,14,18H,5-6,9-13H2,1-4H3. The Bertz CT molecular complexity index is 438. The highest BCUT2D eigenvalue weighted by Crippen LogP contribution is 2.18. The average molecular weight is 290 g/mol. The lowest BCUT2D eigenvalue weighted by Crippen LogP contribution is -2.49. The third kappa shape index (κ3) is 4.17. The number of piperazine rings is 1. The maximum atomic E-state index is 4.81. The maximum Gasteiger partial charge on any atom is 0.128 e. The zero-order valence-corrected chi connectivity index (χ0v) is 14.0. The summed E-state index contributed by atoms with van der Waals surface area (Å²) in [5.41, 5.74) is 2.46. The second-order valence-electron chi connectivity index (χ2n) is 5.97. The Morgan fingerprint density at radius 3 is 2.48 bits per heavy atom. The molecule has 1 aromatic rings. The van der Waals surface area contributed by atoms with Gasteiger partial charge in [-0.05, 0) is 38.4 Å². The van der Waals surface area contributed by atoms with Crippen LogP contribution in [-0.4, -0.2) is 48.6 Å². The highest BCUT2D eigenvalue weighted by atomic mass is 15.3. The topological polar surface area (TPSA) is 31.4 Å². The van der Waals surface area contributed by atoms with E-state index in [1.165, 1.54) is 12.0 Å². The number of pyridine rings is 1. The van der Waals surface area contributed by atoms with E-state index in [9.17, 15) is 0 Å². The molecule has 1 aliphatic heterocycles. The summed E-state index contributed by atoms with van der Waals surface area (Å²) < 4.78 is 0. The highest BCUT2D eigenvalue weighted by Gasteiger charge is 2.21. The van der Waals surface area contributed by atoms with Gasteiger partial charge in [0.25, 0.3) is 0 Å². The van der Waals surface area contributed by atoms with Crippen LogP contribution in [0.15, 0.2) is 12.1 Å². The molecule has 21 heavy (non-hydrogen) atoms. The van der Waals surface area contributed by atoms with Gasteiger partial charge in [0, 0.05) is 44.5 Å². The second kappa shape index (κ2) is 7.76. The summed E-state index contributed by atoms with van der Waals surface area (Å²) in [5.74, 6) is 1.14.